The first-order valence-corrected chi connectivity index (χ1v) is 10.4. The number of rotatable bonds is 8. The van der Waals surface area contributed by atoms with Gasteiger partial charge in [0.25, 0.3) is 0 Å². The highest BCUT2D eigenvalue weighted by Gasteiger charge is 2.22. The van der Waals surface area contributed by atoms with E-state index in [4.69, 9.17) is 0 Å². The zero-order chi connectivity index (χ0) is 18.3. The molecule has 0 aliphatic carbocycles. The molecule has 3 N–H and O–H groups in total. The van der Waals surface area contributed by atoms with Crippen molar-refractivity contribution in [1.82, 2.24) is 15.4 Å². The lowest BCUT2D eigenvalue weighted by molar-refractivity contribution is -0.122. The fourth-order valence-corrected chi connectivity index (χ4v) is 4.12. The molecule has 1 saturated heterocycles. The van der Waals surface area contributed by atoms with Gasteiger partial charge in [-0.25, -0.2) is 13.1 Å². The lowest BCUT2D eigenvalue weighted by Crippen LogP contribution is -2.37. The van der Waals surface area contributed by atoms with E-state index in [0.29, 0.717) is 24.8 Å². The van der Waals surface area contributed by atoms with Crippen LogP contribution < -0.4 is 15.4 Å². The van der Waals surface area contributed by atoms with Gasteiger partial charge in [0, 0.05) is 19.5 Å². The lowest BCUT2D eigenvalue weighted by atomic mass is 9.85. The Morgan fingerprint density at radius 1 is 1.27 bits per heavy atom. The van der Waals surface area contributed by atoms with Crippen molar-refractivity contribution in [3.8, 4) is 0 Å². The number of hydrogen-bond acceptors (Lipinski definition) is 4. The van der Waals surface area contributed by atoms with Crippen molar-refractivity contribution >= 4 is 28.3 Å². The van der Waals surface area contributed by atoms with Crippen LogP contribution in [0.15, 0.2) is 29.2 Å². The fraction of sp³-hybridized carbons (Fsp3) is 0.611. The molecule has 8 heteroatoms. The molecule has 1 aromatic carbocycles. The summed E-state index contributed by atoms with van der Waals surface area (Å²) in [4.78, 5) is 12.3. The van der Waals surface area contributed by atoms with Gasteiger partial charge in [-0.3, -0.25) is 4.79 Å². The molecule has 148 valence electrons. The van der Waals surface area contributed by atoms with E-state index < -0.39 is 10.0 Å². The van der Waals surface area contributed by atoms with Crippen molar-refractivity contribution in [2.24, 2.45) is 11.8 Å². The minimum Gasteiger partial charge on any atom is -0.355 e. The Balaban J connectivity index is 0.00000338. The van der Waals surface area contributed by atoms with Gasteiger partial charge in [0.1, 0.15) is 0 Å². The fourth-order valence-electron chi connectivity index (χ4n) is 3.08. The van der Waals surface area contributed by atoms with Crippen LogP contribution in [0.5, 0.6) is 0 Å². The Bertz CT molecular complexity index is 659. The molecule has 1 aliphatic heterocycles. The minimum atomic E-state index is -3.52. The van der Waals surface area contributed by atoms with Crippen LogP contribution >= 0.6 is 12.4 Å². The zero-order valence-electron chi connectivity index (χ0n) is 15.5. The maximum atomic E-state index is 12.1. The summed E-state index contributed by atoms with van der Waals surface area (Å²) in [7, 11) is -3.52. The van der Waals surface area contributed by atoms with Crippen molar-refractivity contribution in [2.75, 3.05) is 26.2 Å². The summed E-state index contributed by atoms with van der Waals surface area (Å²) in [6.45, 7) is 6.53. The van der Waals surface area contributed by atoms with Crippen LogP contribution in [0.3, 0.4) is 0 Å². The van der Waals surface area contributed by atoms with E-state index in [9.17, 15) is 13.2 Å². The highest BCUT2D eigenvalue weighted by Crippen LogP contribution is 2.22. The standard InChI is InChI=1S/C18H29N3O3S.ClH/c1-14-5-7-17(8-6-14)25(23,24)21-11-10-20-18(22)12-15(2)16-4-3-9-19-13-16;/h5-8,15-16,19,21H,3-4,9-13H2,1-2H3,(H,20,22);1H. The average Bonchev–Trinajstić information content (AvgIpc) is 2.60. The molecular formula is C18H30ClN3O3S. The van der Waals surface area contributed by atoms with E-state index in [1.165, 1.54) is 0 Å². The summed E-state index contributed by atoms with van der Waals surface area (Å²) in [6.07, 6.45) is 2.81. The quantitative estimate of drug-likeness (QED) is 0.578. The summed E-state index contributed by atoms with van der Waals surface area (Å²) in [6, 6.07) is 6.68. The molecule has 1 fully saturated rings. The van der Waals surface area contributed by atoms with Crippen molar-refractivity contribution in [2.45, 2.75) is 38.0 Å². The molecule has 0 radical (unpaired) electrons. The summed E-state index contributed by atoms with van der Waals surface area (Å²) < 4.78 is 26.8. The molecule has 1 heterocycles. The molecule has 0 spiro atoms. The molecule has 0 bridgehead atoms. The molecule has 2 atom stereocenters. The number of piperidine rings is 1. The molecule has 1 aromatic rings. The first-order valence-electron chi connectivity index (χ1n) is 8.92. The third kappa shape index (κ3) is 7.23. The Kier molecular flexibility index (Phi) is 9.57. The van der Waals surface area contributed by atoms with Crippen LogP contribution in [0.4, 0.5) is 0 Å². The normalized spacial score (nSPS) is 18.6. The van der Waals surface area contributed by atoms with Gasteiger partial charge in [-0.1, -0.05) is 24.6 Å². The number of hydrogen-bond donors (Lipinski definition) is 3. The molecular weight excluding hydrogens is 374 g/mol. The van der Waals surface area contributed by atoms with E-state index in [1.54, 1.807) is 24.3 Å². The summed E-state index contributed by atoms with van der Waals surface area (Å²) >= 11 is 0. The van der Waals surface area contributed by atoms with Crippen molar-refractivity contribution < 1.29 is 13.2 Å². The van der Waals surface area contributed by atoms with Gasteiger partial charge < -0.3 is 10.6 Å². The maximum Gasteiger partial charge on any atom is 0.240 e. The van der Waals surface area contributed by atoms with Gasteiger partial charge in [0.2, 0.25) is 15.9 Å². The third-order valence-corrected chi connectivity index (χ3v) is 6.19. The largest absolute Gasteiger partial charge is 0.355 e. The predicted octanol–water partition coefficient (Wildman–Crippen LogP) is 1.84. The first kappa shape index (κ1) is 22.9. The lowest BCUT2D eigenvalue weighted by Gasteiger charge is -2.28. The van der Waals surface area contributed by atoms with E-state index in [2.05, 4.69) is 22.3 Å². The summed E-state index contributed by atoms with van der Waals surface area (Å²) in [5.74, 6) is 0.851. The second-order valence-corrected chi connectivity index (χ2v) is 8.62. The molecule has 2 unspecified atom stereocenters. The van der Waals surface area contributed by atoms with E-state index in [-0.39, 0.29) is 29.8 Å². The second kappa shape index (κ2) is 10.9. The third-order valence-electron chi connectivity index (χ3n) is 4.72. The molecule has 2 rings (SSSR count). The monoisotopic (exact) mass is 403 g/mol. The smallest absolute Gasteiger partial charge is 0.240 e. The average molecular weight is 404 g/mol. The van der Waals surface area contributed by atoms with Gasteiger partial charge in [0.15, 0.2) is 0 Å². The number of amides is 1. The highest BCUT2D eigenvalue weighted by molar-refractivity contribution is 7.89. The van der Waals surface area contributed by atoms with Gasteiger partial charge in [-0.05, 0) is 56.8 Å². The first-order chi connectivity index (χ1) is 11.9. The van der Waals surface area contributed by atoms with Crippen LogP contribution in [0, 0.1) is 18.8 Å². The maximum absolute atomic E-state index is 12.1. The van der Waals surface area contributed by atoms with Crippen molar-refractivity contribution in [1.29, 1.82) is 0 Å². The van der Waals surface area contributed by atoms with Crippen LogP contribution in [-0.2, 0) is 14.8 Å². The van der Waals surface area contributed by atoms with E-state index >= 15 is 0 Å². The van der Waals surface area contributed by atoms with Gasteiger partial charge in [-0.2, -0.15) is 0 Å². The van der Waals surface area contributed by atoms with Crippen LogP contribution in [0.25, 0.3) is 0 Å². The molecule has 6 nitrogen and oxygen atoms in total. The Labute approximate surface area is 163 Å². The molecule has 0 aromatic heterocycles. The summed E-state index contributed by atoms with van der Waals surface area (Å²) in [5, 5.41) is 6.17. The van der Waals surface area contributed by atoms with Crippen LogP contribution in [0.2, 0.25) is 0 Å². The molecule has 0 saturated carbocycles. The number of carbonyl (C=O) groups excluding carboxylic acids is 1. The SMILES string of the molecule is Cc1ccc(S(=O)(=O)NCCNC(=O)CC(C)C2CCCNC2)cc1.Cl. The topological polar surface area (TPSA) is 87.3 Å². The van der Waals surface area contributed by atoms with Crippen LogP contribution in [-0.4, -0.2) is 40.5 Å². The van der Waals surface area contributed by atoms with Gasteiger partial charge in [-0.15, -0.1) is 12.4 Å². The van der Waals surface area contributed by atoms with Crippen molar-refractivity contribution in [3.63, 3.8) is 0 Å². The number of benzene rings is 1. The Hall–Kier alpha value is -1.15. The predicted molar refractivity (Wildman–Crippen MR) is 106 cm³/mol. The molecule has 26 heavy (non-hydrogen) atoms. The molecule has 1 amide bonds. The number of nitrogens with one attached hydrogen (secondary N) is 3. The minimum absolute atomic E-state index is 0. The number of halogens is 1. The van der Waals surface area contributed by atoms with Gasteiger partial charge in [0.05, 0.1) is 4.90 Å². The number of aryl methyl sites for hydroxylation is 1. The molecule has 1 aliphatic rings. The summed E-state index contributed by atoms with van der Waals surface area (Å²) in [5.41, 5.74) is 1.01. The number of carbonyl (C=O) groups is 1. The van der Waals surface area contributed by atoms with Crippen molar-refractivity contribution in [3.05, 3.63) is 29.8 Å². The van der Waals surface area contributed by atoms with Gasteiger partial charge >= 0.3 is 0 Å². The Morgan fingerprint density at radius 2 is 1.96 bits per heavy atom. The van der Waals surface area contributed by atoms with Crippen LogP contribution in [0.1, 0.15) is 31.7 Å². The number of sulfonamides is 1. The Morgan fingerprint density at radius 3 is 2.58 bits per heavy atom. The zero-order valence-corrected chi connectivity index (χ0v) is 17.1. The second-order valence-electron chi connectivity index (χ2n) is 6.85. The van der Waals surface area contributed by atoms with E-state index in [0.717, 1.165) is 31.5 Å². The van der Waals surface area contributed by atoms with E-state index in [1.807, 2.05) is 6.92 Å². The highest BCUT2D eigenvalue weighted by atomic mass is 35.5.